The van der Waals surface area contributed by atoms with Crippen LogP contribution in [0.15, 0.2) is 4.99 Å². The molecule has 0 heterocycles. The van der Waals surface area contributed by atoms with Crippen molar-refractivity contribution in [1.29, 1.82) is 0 Å². The van der Waals surface area contributed by atoms with Crippen LogP contribution in [-0.2, 0) is 9.53 Å². The van der Waals surface area contributed by atoms with Crippen molar-refractivity contribution >= 4 is 35.8 Å². The Labute approximate surface area is 181 Å². The second kappa shape index (κ2) is 9.29. The van der Waals surface area contributed by atoms with Gasteiger partial charge in [0.25, 0.3) is 0 Å². The number of amides is 1. The van der Waals surface area contributed by atoms with Gasteiger partial charge in [0, 0.05) is 45.8 Å². The van der Waals surface area contributed by atoms with Gasteiger partial charge >= 0.3 is 0 Å². The zero-order valence-corrected chi connectivity index (χ0v) is 19.7. The maximum atomic E-state index is 12.7. The second-order valence-electron chi connectivity index (χ2n) is 8.58. The summed E-state index contributed by atoms with van der Waals surface area (Å²) in [7, 11) is 5.53. The second-order valence-corrected chi connectivity index (χ2v) is 8.58. The molecule has 7 heteroatoms. The molecule has 0 bridgehead atoms. The van der Waals surface area contributed by atoms with Crippen LogP contribution >= 0.6 is 24.0 Å². The van der Waals surface area contributed by atoms with E-state index in [0.717, 1.165) is 44.7 Å². The van der Waals surface area contributed by atoms with Crippen LogP contribution in [0.5, 0.6) is 0 Å². The number of hydrogen-bond acceptors (Lipinski definition) is 3. The first-order valence-electron chi connectivity index (χ1n) is 10.3. The normalized spacial score (nSPS) is 27.9. The van der Waals surface area contributed by atoms with Crippen LogP contribution in [0.3, 0.4) is 0 Å². The van der Waals surface area contributed by atoms with Crippen LogP contribution in [0, 0.1) is 10.8 Å². The molecule has 3 aliphatic carbocycles. The van der Waals surface area contributed by atoms with Crippen molar-refractivity contribution < 1.29 is 9.53 Å². The van der Waals surface area contributed by atoms with Crippen LogP contribution in [0.4, 0.5) is 0 Å². The van der Waals surface area contributed by atoms with Gasteiger partial charge in [-0.3, -0.25) is 9.79 Å². The first-order chi connectivity index (χ1) is 12.5. The summed E-state index contributed by atoms with van der Waals surface area (Å²) in [4.78, 5) is 18.9. The minimum absolute atomic E-state index is 0. The molecule has 156 valence electrons. The molecule has 2 N–H and O–H groups in total. The molecule has 0 aliphatic heterocycles. The van der Waals surface area contributed by atoms with Gasteiger partial charge in [-0.05, 0) is 39.0 Å². The Morgan fingerprint density at radius 1 is 1.19 bits per heavy atom. The minimum atomic E-state index is -0.275. The summed E-state index contributed by atoms with van der Waals surface area (Å²) < 4.78 is 5.95. The lowest BCUT2D eigenvalue weighted by Crippen LogP contribution is -2.68. The van der Waals surface area contributed by atoms with E-state index in [1.165, 1.54) is 19.3 Å². The number of guanidine groups is 1. The standard InChI is InChI=1S/C20H36N4O2.HI/c1-5-26-16-13-15(20(16)11-8-12-20)23-18(21-2)22-14-19(9-6-7-10-19)17(25)24(3)4;/h15-16H,5-14H2,1-4H3,(H2,21,22,23);1H. The number of rotatable bonds is 6. The quantitative estimate of drug-likeness (QED) is 0.340. The van der Waals surface area contributed by atoms with Gasteiger partial charge in [0.05, 0.1) is 11.5 Å². The molecule has 1 amide bonds. The van der Waals surface area contributed by atoms with E-state index in [1.807, 2.05) is 21.1 Å². The molecule has 3 fully saturated rings. The monoisotopic (exact) mass is 492 g/mol. The van der Waals surface area contributed by atoms with Gasteiger partial charge < -0.3 is 20.3 Å². The van der Waals surface area contributed by atoms with Gasteiger partial charge in [-0.25, -0.2) is 0 Å². The third kappa shape index (κ3) is 4.23. The van der Waals surface area contributed by atoms with Crippen LogP contribution < -0.4 is 10.6 Å². The summed E-state index contributed by atoms with van der Waals surface area (Å²) in [5.41, 5.74) is 0.0286. The number of carbonyl (C=O) groups is 1. The average molecular weight is 492 g/mol. The van der Waals surface area contributed by atoms with E-state index in [9.17, 15) is 4.79 Å². The third-order valence-corrected chi connectivity index (χ3v) is 6.99. The lowest BCUT2D eigenvalue weighted by molar-refractivity contribution is -0.168. The van der Waals surface area contributed by atoms with E-state index in [4.69, 9.17) is 4.74 Å². The van der Waals surface area contributed by atoms with E-state index < -0.39 is 0 Å². The predicted octanol–water partition coefficient (Wildman–Crippen LogP) is 2.77. The first kappa shape index (κ1) is 22.7. The van der Waals surface area contributed by atoms with Gasteiger partial charge in [-0.15, -0.1) is 24.0 Å². The van der Waals surface area contributed by atoms with E-state index in [1.54, 1.807) is 4.90 Å². The van der Waals surface area contributed by atoms with Gasteiger partial charge in [0.15, 0.2) is 5.96 Å². The van der Waals surface area contributed by atoms with Crippen molar-refractivity contribution in [3.63, 3.8) is 0 Å². The van der Waals surface area contributed by atoms with Gasteiger partial charge in [-0.2, -0.15) is 0 Å². The van der Waals surface area contributed by atoms with Gasteiger partial charge in [0.2, 0.25) is 5.91 Å². The molecule has 1 spiro atoms. The molecular weight excluding hydrogens is 455 g/mol. The molecule has 0 aromatic rings. The number of hydrogen-bond donors (Lipinski definition) is 2. The molecule has 27 heavy (non-hydrogen) atoms. The van der Waals surface area contributed by atoms with Crippen molar-refractivity contribution in [1.82, 2.24) is 15.5 Å². The summed E-state index contributed by atoms with van der Waals surface area (Å²) >= 11 is 0. The number of nitrogens with one attached hydrogen (secondary N) is 2. The summed E-state index contributed by atoms with van der Waals surface area (Å²) in [5.74, 6) is 1.07. The summed E-state index contributed by atoms with van der Waals surface area (Å²) in [6.07, 6.45) is 9.44. The molecule has 0 saturated heterocycles. The highest BCUT2D eigenvalue weighted by molar-refractivity contribution is 14.0. The number of ether oxygens (including phenoxy) is 1. The van der Waals surface area contributed by atoms with Crippen LogP contribution in [0.25, 0.3) is 0 Å². The van der Waals surface area contributed by atoms with E-state index >= 15 is 0 Å². The van der Waals surface area contributed by atoms with Crippen LogP contribution in [0.1, 0.15) is 58.3 Å². The molecule has 3 saturated carbocycles. The predicted molar refractivity (Wildman–Crippen MR) is 120 cm³/mol. The van der Waals surface area contributed by atoms with Crippen molar-refractivity contribution in [3.05, 3.63) is 0 Å². The molecule has 0 aromatic heterocycles. The smallest absolute Gasteiger partial charge is 0.230 e. The highest BCUT2D eigenvalue weighted by Crippen LogP contribution is 2.57. The molecular formula is C20H37IN4O2. The molecule has 2 unspecified atom stereocenters. The third-order valence-electron chi connectivity index (χ3n) is 6.99. The van der Waals surface area contributed by atoms with Crippen LogP contribution in [-0.4, -0.2) is 63.2 Å². The average Bonchev–Trinajstić information content (AvgIpc) is 3.04. The summed E-state index contributed by atoms with van der Waals surface area (Å²) in [5, 5.41) is 7.10. The molecule has 3 aliphatic rings. The maximum Gasteiger partial charge on any atom is 0.230 e. The largest absolute Gasteiger partial charge is 0.378 e. The Kier molecular flexibility index (Phi) is 7.81. The fourth-order valence-corrected chi connectivity index (χ4v) is 5.25. The van der Waals surface area contributed by atoms with Crippen LogP contribution in [0.2, 0.25) is 0 Å². The fourth-order valence-electron chi connectivity index (χ4n) is 5.25. The zero-order valence-electron chi connectivity index (χ0n) is 17.3. The Hall–Kier alpha value is -0.570. The number of carbonyl (C=O) groups excluding carboxylic acids is 1. The number of nitrogens with zero attached hydrogens (tertiary/aromatic N) is 2. The highest BCUT2D eigenvalue weighted by atomic mass is 127. The molecule has 2 atom stereocenters. The lowest BCUT2D eigenvalue weighted by Gasteiger charge is -2.61. The molecule has 6 nitrogen and oxygen atoms in total. The Bertz CT molecular complexity index is 542. The van der Waals surface area contributed by atoms with E-state index in [2.05, 4.69) is 22.5 Å². The molecule has 3 rings (SSSR count). The highest BCUT2D eigenvalue weighted by Gasteiger charge is 2.59. The van der Waals surface area contributed by atoms with Crippen molar-refractivity contribution in [2.45, 2.75) is 70.4 Å². The van der Waals surface area contributed by atoms with E-state index in [-0.39, 0.29) is 35.3 Å². The van der Waals surface area contributed by atoms with Crippen molar-refractivity contribution in [2.24, 2.45) is 15.8 Å². The lowest BCUT2D eigenvalue weighted by atomic mass is 9.51. The first-order valence-corrected chi connectivity index (χ1v) is 10.3. The number of aliphatic imine (C=N–C) groups is 1. The minimum Gasteiger partial charge on any atom is -0.378 e. The van der Waals surface area contributed by atoms with Gasteiger partial charge in [0.1, 0.15) is 0 Å². The summed E-state index contributed by atoms with van der Waals surface area (Å²) in [6.45, 7) is 3.54. The van der Waals surface area contributed by atoms with Crippen molar-refractivity contribution in [3.8, 4) is 0 Å². The Morgan fingerprint density at radius 2 is 1.85 bits per heavy atom. The summed E-state index contributed by atoms with van der Waals surface area (Å²) in [6, 6.07) is 0.433. The van der Waals surface area contributed by atoms with Gasteiger partial charge in [-0.1, -0.05) is 19.3 Å². The maximum absolute atomic E-state index is 12.7. The van der Waals surface area contributed by atoms with E-state index in [0.29, 0.717) is 24.1 Å². The fraction of sp³-hybridized carbons (Fsp3) is 0.900. The molecule has 0 aromatic carbocycles. The zero-order chi connectivity index (χ0) is 18.8. The SMILES string of the molecule is CCOC1CC(NC(=NC)NCC2(C(=O)N(C)C)CCCC2)C12CCC2.I. The molecule has 0 radical (unpaired) electrons. The Balaban J connectivity index is 0.00000261. The van der Waals surface area contributed by atoms with Crippen molar-refractivity contribution in [2.75, 3.05) is 34.3 Å². The Morgan fingerprint density at radius 3 is 2.33 bits per heavy atom. The topological polar surface area (TPSA) is 66.0 Å². The number of halogens is 1.